The van der Waals surface area contributed by atoms with Crippen LogP contribution in [0, 0.1) is 17.6 Å². The van der Waals surface area contributed by atoms with Gasteiger partial charge >= 0.3 is 0 Å². The molecule has 2 aromatic rings. The molecule has 0 bridgehead atoms. The Kier molecular flexibility index (Phi) is 6.09. The summed E-state index contributed by atoms with van der Waals surface area (Å²) in [7, 11) is 0. The van der Waals surface area contributed by atoms with Crippen LogP contribution in [-0.2, 0) is 6.42 Å². The molecule has 1 aliphatic carbocycles. The summed E-state index contributed by atoms with van der Waals surface area (Å²) in [6, 6.07) is 7.79. The Hall–Kier alpha value is -1.44. The van der Waals surface area contributed by atoms with Gasteiger partial charge in [-0.2, -0.15) is 0 Å². The van der Waals surface area contributed by atoms with Gasteiger partial charge in [-0.1, -0.05) is 51.7 Å². The van der Waals surface area contributed by atoms with Gasteiger partial charge in [0.05, 0.1) is 0 Å². The Labute approximate surface area is 150 Å². The lowest BCUT2D eigenvalue weighted by Gasteiger charge is -2.29. The normalized spacial score (nSPS) is 21.0. The highest BCUT2D eigenvalue weighted by atomic mass is 19.2. The molecule has 1 saturated carbocycles. The summed E-state index contributed by atoms with van der Waals surface area (Å²) < 4.78 is 28.6. The second-order valence-corrected chi connectivity index (χ2v) is 7.71. The fraction of sp³-hybridized carbons (Fsp3) is 0.565. The monoisotopic (exact) mass is 344 g/mol. The molecule has 0 saturated heterocycles. The maximum Gasteiger partial charge on any atom is 0.166 e. The SMILES string of the molecule is CCCCCC1CCC(c2ccc3cc(CC)c(F)c(F)c3c2)CC1. The summed E-state index contributed by atoms with van der Waals surface area (Å²) in [5, 5.41) is 1.25. The van der Waals surface area contributed by atoms with E-state index in [4.69, 9.17) is 0 Å². The van der Waals surface area contributed by atoms with E-state index in [0.29, 0.717) is 23.3 Å². The zero-order chi connectivity index (χ0) is 17.8. The van der Waals surface area contributed by atoms with Crippen molar-refractivity contribution in [2.45, 2.75) is 77.6 Å². The summed E-state index contributed by atoms with van der Waals surface area (Å²) in [4.78, 5) is 0. The standard InChI is InChI=1S/C23H30F2/c1-3-5-6-7-16-8-10-18(11-9-16)19-12-13-20-14-17(4-2)22(24)23(25)21(20)15-19/h12-16,18H,3-11H2,1-2H3. The molecule has 25 heavy (non-hydrogen) atoms. The number of aryl methyl sites for hydroxylation is 1. The van der Waals surface area contributed by atoms with Crippen LogP contribution in [0.25, 0.3) is 10.8 Å². The van der Waals surface area contributed by atoms with Crippen molar-refractivity contribution in [3.63, 3.8) is 0 Å². The fourth-order valence-corrected chi connectivity index (χ4v) is 4.38. The van der Waals surface area contributed by atoms with Crippen LogP contribution in [0.4, 0.5) is 8.78 Å². The van der Waals surface area contributed by atoms with Crippen molar-refractivity contribution >= 4 is 10.8 Å². The van der Waals surface area contributed by atoms with Gasteiger partial charge in [-0.3, -0.25) is 0 Å². The molecular weight excluding hydrogens is 314 g/mol. The number of fused-ring (bicyclic) bond motifs is 1. The number of halogens is 2. The van der Waals surface area contributed by atoms with E-state index in [9.17, 15) is 8.78 Å². The second-order valence-electron chi connectivity index (χ2n) is 7.71. The Morgan fingerprint density at radius 3 is 2.36 bits per heavy atom. The molecule has 0 unspecified atom stereocenters. The highest BCUT2D eigenvalue weighted by molar-refractivity contribution is 5.84. The predicted molar refractivity (Wildman–Crippen MR) is 102 cm³/mol. The van der Waals surface area contributed by atoms with Crippen LogP contribution in [0.1, 0.15) is 82.3 Å². The molecule has 0 nitrogen and oxygen atoms in total. The van der Waals surface area contributed by atoms with Crippen molar-refractivity contribution in [3.05, 3.63) is 47.0 Å². The molecule has 1 fully saturated rings. The third-order valence-electron chi connectivity index (χ3n) is 6.03. The van der Waals surface area contributed by atoms with E-state index < -0.39 is 11.6 Å². The van der Waals surface area contributed by atoms with E-state index in [0.717, 1.165) is 11.3 Å². The summed E-state index contributed by atoms with van der Waals surface area (Å²) in [5.74, 6) is 0.0147. The van der Waals surface area contributed by atoms with Gasteiger partial charge in [-0.25, -0.2) is 8.78 Å². The van der Waals surface area contributed by atoms with Gasteiger partial charge in [-0.05, 0) is 72.6 Å². The van der Waals surface area contributed by atoms with Gasteiger partial charge in [0.2, 0.25) is 0 Å². The van der Waals surface area contributed by atoms with E-state index in [1.54, 1.807) is 6.07 Å². The van der Waals surface area contributed by atoms with Crippen molar-refractivity contribution in [2.75, 3.05) is 0 Å². The van der Waals surface area contributed by atoms with Crippen LogP contribution in [0.15, 0.2) is 24.3 Å². The third-order valence-corrected chi connectivity index (χ3v) is 6.03. The van der Waals surface area contributed by atoms with E-state index in [-0.39, 0.29) is 0 Å². The van der Waals surface area contributed by atoms with Crippen molar-refractivity contribution in [1.29, 1.82) is 0 Å². The van der Waals surface area contributed by atoms with Gasteiger partial charge in [0.15, 0.2) is 11.6 Å². The van der Waals surface area contributed by atoms with E-state index >= 15 is 0 Å². The average Bonchev–Trinajstić information content (AvgIpc) is 2.65. The number of hydrogen-bond donors (Lipinski definition) is 0. The molecule has 0 N–H and O–H groups in total. The molecule has 136 valence electrons. The van der Waals surface area contributed by atoms with Crippen molar-refractivity contribution in [1.82, 2.24) is 0 Å². The molecule has 1 aliphatic rings. The van der Waals surface area contributed by atoms with E-state index in [1.165, 1.54) is 56.9 Å². The first kappa shape index (κ1) is 18.4. The largest absolute Gasteiger partial charge is 0.203 e. The molecule has 3 rings (SSSR count). The molecule has 0 aliphatic heterocycles. The zero-order valence-corrected chi connectivity index (χ0v) is 15.6. The first-order chi connectivity index (χ1) is 12.1. The van der Waals surface area contributed by atoms with Crippen LogP contribution < -0.4 is 0 Å². The van der Waals surface area contributed by atoms with Gasteiger partial charge in [0.25, 0.3) is 0 Å². The molecule has 2 heteroatoms. The lowest BCUT2D eigenvalue weighted by molar-refractivity contribution is 0.303. The first-order valence-electron chi connectivity index (χ1n) is 10.0. The van der Waals surface area contributed by atoms with Crippen molar-refractivity contribution < 1.29 is 8.78 Å². The summed E-state index contributed by atoms with van der Waals surface area (Å²) in [6.07, 6.45) is 10.8. The number of benzene rings is 2. The molecule has 0 heterocycles. The fourth-order valence-electron chi connectivity index (χ4n) is 4.38. The zero-order valence-electron chi connectivity index (χ0n) is 15.6. The number of hydrogen-bond acceptors (Lipinski definition) is 0. The maximum atomic E-state index is 14.5. The number of unbranched alkanes of at least 4 members (excludes halogenated alkanes) is 2. The van der Waals surface area contributed by atoms with Crippen molar-refractivity contribution in [2.24, 2.45) is 5.92 Å². The first-order valence-corrected chi connectivity index (χ1v) is 10.0. The van der Waals surface area contributed by atoms with Crippen LogP contribution >= 0.6 is 0 Å². The smallest absolute Gasteiger partial charge is 0.166 e. The van der Waals surface area contributed by atoms with E-state index in [2.05, 4.69) is 13.0 Å². The third kappa shape index (κ3) is 4.04. The Morgan fingerprint density at radius 1 is 0.920 bits per heavy atom. The van der Waals surface area contributed by atoms with Gasteiger partial charge in [0, 0.05) is 5.39 Å². The predicted octanol–water partition coefficient (Wildman–Crippen LogP) is 7.53. The lowest BCUT2D eigenvalue weighted by Crippen LogP contribution is -2.13. The minimum atomic E-state index is -0.676. The molecule has 0 aromatic heterocycles. The topological polar surface area (TPSA) is 0 Å². The van der Waals surface area contributed by atoms with Crippen LogP contribution in [0.2, 0.25) is 0 Å². The Bertz CT molecular complexity index is 712. The van der Waals surface area contributed by atoms with Crippen molar-refractivity contribution in [3.8, 4) is 0 Å². The molecule has 0 amide bonds. The molecule has 2 aromatic carbocycles. The Balaban J connectivity index is 1.73. The summed E-state index contributed by atoms with van der Waals surface area (Å²) in [6.45, 7) is 4.11. The van der Waals surface area contributed by atoms with Gasteiger partial charge in [-0.15, -0.1) is 0 Å². The van der Waals surface area contributed by atoms with Gasteiger partial charge < -0.3 is 0 Å². The number of rotatable bonds is 6. The highest BCUT2D eigenvalue weighted by Crippen LogP contribution is 2.39. The van der Waals surface area contributed by atoms with Crippen LogP contribution in [0.3, 0.4) is 0 Å². The quantitative estimate of drug-likeness (QED) is 0.475. The molecule has 0 spiro atoms. The van der Waals surface area contributed by atoms with Crippen LogP contribution in [0.5, 0.6) is 0 Å². The average molecular weight is 344 g/mol. The molecular formula is C23H30F2. The highest BCUT2D eigenvalue weighted by Gasteiger charge is 2.23. The Morgan fingerprint density at radius 2 is 1.68 bits per heavy atom. The minimum absolute atomic E-state index is 0.442. The maximum absolute atomic E-state index is 14.5. The molecule has 0 radical (unpaired) electrons. The molecule has 0 atom stereocenters. The minimum Gasteiger partial charge on any atom is -0.203 e. The van der Waals surface area contributed by atoms with Crippen LogP contribution in [-0.4, -0.2) is 0 Å². The summed E-state index contributed by atoms with van der Waals surface area (Å²) >= 11 is 0. The second kappa shape index (κ2) is 8.29. The summed E-state index contributed by atoms with van der Waals surface area (Å²) in [5.41, 5.74) is 1.65. The van der Waals surface area contributed by atoms with E-state index in [1.807, 2.05) is 19.1 Å². The lowest BCUT2D eigenvalue weighted by atomic mass is 9.76. The van der Waals surface area contributed by atoms with Gasteiger partial charge in [0.1, 0.15) is 0 Å².